The largest absolute Gasteiger partial charge is 0.480 e. The number of rotatable bonds is 9. The van der Waals surface area contributed by atoms with Crippen molar-refractivity contribution in [3.8, 4) is 5.88 Å². The zero-order valence-electron chi connectivity index (χ0n) is 20.2. The molecule has 0 saturated carbocycles. The minimum atomic E-state index is -4.02. The van der Waals surface area contributed by atoms with Gasteiger partial charge in [-0.25, -0.2) is 23.4 Å². The van der Waals surface area contributed by atoms with Gasteiger partial charge in [0, 0.05) is 36.9 Å². The first kappa shape index (κ1) is 25.8. The van der Waals surface area contributed by atoms with Crippen LogP contribution in [0.1, 0.15) is 18.1 Å². The molecule has 1 aromatic carbocycles. The lowest BCUT2D eigenvalue weighted by Gasteiger charge is -2.12. The van der Waals surface area contributed by atoms with E-state index in [1.165, 1.54) is 19.4 Å². The predicted octanol–water partition coefficient (Wildman–Crippen LogP) is 4.70. The lowest BCUT2D eigenvalue weighted by molar-refractivity contribution is 0.385. The summed E-state index contributed by atoms with van der Waals surface area (Å²) in [6, 6.07) is 8.21. The number of allylic oxidation sites excluding steroid dienone is 1. The number of sulfonamides is 1. The highest BCUT2D eigenvalue weighted by Gasteiger charge is 2.21. The molecular weight excluding hydrogens is 516 g/mol. The average molecular weight is 539 g/mol. The normalized spacial score (nSPS) is 11.7. The van der Waals surface area contributed by atoms with Crippen LogP contribution in [0.5, 0.6) is 5.88 Å². The minimum absolute atomic E-state index is 0.0601. The number of aromatic nitrogens is 5. The van der Waals surface area contributed by atoms with Gasteiger partial charge in [0.15, 0.2) is 10.7 Å². The zero-order valence-corrected chi connectivity index (χ0v) is 21.7. The standard InChI is InChI=1S/C24H23ClN8O3S/c1-15(8-17-11-28-24(31-22(17)26-2)30-20-13-29-33(3)14-20)16-6-5-7-19(9-16)32-37(34,35)21-10-18(25)12-27-23(21)36-4/h5-14,32H,2H2,1,3-4H3,(H,28,30,31)/b15-8+. The molecule has 0 fully saturated rings. The third-order valence-corrected chi connectivity index (χ3v) is 6.70. The molecular formula is C24H23ClN8O3S. The first-order chi connectivity index (χ1) is 17.7. The van der Waals surface area contributed by atoms with Gasteiger partial charge in [0.05, 0.1) is 24.0 Å². The highest BCUT2D eigenvalue weighted by molar-refractivity contribution is 7.92. The van der Waals surface area contributed by atoms with Crippen LogP contribution in [-0.2, 0) is 17.1 Å². The zero-order chi connectivity index (χ0) is 26.6. The van der Waals surface area contributed by atoms with Crippen LogP contribution in [0.2, 0.25) is 5.02 Å². The van der Waals surface area contributed by atoms with Crippen LogP contribution in [0.15, 0.2) is 65.0 Å². The van der Waals surface area contributed by atoms with E-state index in [0.29, 0.717) is 23.0 Å². The fourth-order valence-electron chi connectivity index (χ4n) is 3.39. The van der Waals surface area contributed by atoms with E-state index in [4.69, 9.17) is 16.3 Å². The SMILES string of the molecule is C=Nc1nc(Nc2cnn(C)c2)ncc1/C=C(\C)c1cccc(NS(=O)(=O)c2cc(Cl)cnc2OC)c1. The highest BCUT2D eigenvalue weighted by Crippen LogP contribution is 2.29. The van der Waals surface area contributed by atoms with Crippen molar-refractivity contribution < 1.29 is 13.2 Å². The third kappa shape index (κ3) is 6.11. The van der Waals surface area contributed by atoms with Gasteiger partial charge in [-0.1, -0.05) is 23.7 Å². The lowest BCUT2D eigenvalue weighted by atomic mass is 10.0. The smallest absolute Gasteiger partial charge is 0.267 e. The number of benzene rings is 1. The molecule has 0 aliphatic rings. The van der Waals surface area contributed by atoms with Crippen molar-refractivity contribution in [2.24, 2.45) is 12.0 Å². The molecule has 0 saturated heterocycles. The molecule has 3 aromatic heterocycles. The second kappa shape index (κ2) is 10.8. The summed E-state index contributed by atoms with van der Waals surface area (Å²) in [6.07, 6.45) is 8.23. The molecule has 4 aromatic rings. The van der Waals surface area contributed by atoms with Gasteiger partial charge < -0.3 is 10.1 Å². The number of hydrogen-bond donors (Lipinski definition) is 2. The number of ether oxygens (including phenoxy) is 1. The van der Waals surface area contributed by atoms with Crippen LogP contribution in [0.3, 0.4) is 0 Å². The van der Waals surface area contributed by atoms with Crippen LogP contribution < -0.4 is 14.8 Å². The summed E-state index contributed by atoms with van der Waals surface area (Å²) in [5, 5.41) is 7.34. The van der Waals surface area contributed by atoms with Crippen LogP contribution in [0.4, 0.5) is 23.1 Å². The first-order valence-corrected chi connectivity index (χ1v) is 12.6. The molecule has 0 atom stereocenters. The molecule has 190 valence electrons. The number of nitrogens with zero attached hydrogens (tertiary/aromatic N) is 6. The van der Waals surface area contributed by atoms with E-state index >= 15 is 0 Å². The Balaban J connectivity index is 1.58. The number of anilines is 3. The van der Waals surface area contributed by atoms with Gasteiger partial charge in [-0.15, -0.1) is 0 Å². The van der Waals surface area contributed by atoms with Gasteiger partial charge >= 0.3 is 0 Å². The monoisotopic (exact) mass is 538 g/mol. The Morgan fingerprint density at radius 3 is 2.70 bits per heavy atom. The van der Waals surface area contributed by atoms with E-state index in [9.17, 15) is 8.42 Å². The minimum Gasteiger partial charge on any atom is -0.480 e. The van der Waals surface area contributed by atoms with Crippen molar-refractivity contribution in [2.75, 3.05) is 17.1 Å². The second-order valence-electron chi connectivity index (χ2n) is 7.83. The van der Waals surface area contributed by atoms with Crippen LogP contribution in [-0.4, -0.2) is 47.0 Å². The number of aryl methyl sites for hydroxylation is 1. The molecule has 11 nitrogen and oxygen atoms in total. The second-order valence-corrected chi connectivity index (χ2v) is 9.92. The molecule has 0 aliphatic heterocycles. The van der Waals surface area contributed by atoms with Crippen LogP contribution in [0, 0.1) is 0 Å². The summed E-state index contributed by atoms with van der Waals surface area (Å²) in [6.45, 7) is 5.49. The van der Waals surface area contributed by atoms with Gasteiger partial charge in [0.1, 0.15) is 0 Å². The molecule has 0 amide bonds. The Morgan fingerprint density at radius 2 is 2.00 bits per heavy atom. The molecule has 37 heavy (non-hydrogen) atoms. The summed E-state index contributed by atoms with van der Waals surface area (Å²) >= 11 is 5.95. The van der Waals surface area contributed by atoms with Crippen LogP contribution in [0.25, 0.3) is 11.6 Å². The van der Waals surface area contributed by atoms with Gasteiger partial charge in [0.25, 0.3) is 10.0 Å². The molecule has 0 aliphatic carbocycles. The maximum Gasteiger partial charge on any atom is 0.267 e. The van der Waals surface area contributed by atoms with Crippen LogP contribution >= 0.6 is 11.6 Å². The third-order valence-electron chi connectivity index (χ3n) is 5.12. The molecule has 3 heterocycles. The number of aliphatic imine (C=N–C) groups is 1. The van der Waals surface area contributed by atoms with Crippen molar-refractivity contribution in [2.45, 2.75) is 11.8 Å². The van der Waals surface area contributed by atoms with Gasteiger partial charge in [-0.2, -0.15) is 10.1 Å². The number of hydrogen-bond acceptors (Lipinski definition) is 9. The molecule has 4 rings (SSSR count). The quantitative estimate of drug-likeness (QED) is 0.292. The van der Waals surface area contributed by atoms with E-state index in [1.54, 1.807) is 41.5 Å². The van der Waals surface area contributed by atoms with Crippen molar-refractivity contribution >= 4 is 63.1 Å². The highest BCUT2D eigenvalue weighted by atomic mass is 35.5. The van der Waals surface area contributed by atoms with Gasteiger partial charge in [-0.05, 0) is 49.1 Å². The molecule has 0 radical (unpaired) electrons. The predicted molar refractivity (Wildman–Crippen MR) is 144 cm³/mol. The average Bonchev–Trinajstić information content (AvgIpc) is 3.29. The van der Waals surface area contributed by atoms with E-state index in [2.05, 4.69) is 41.8 Å². The van der Waals surface area contributed by atoms with Crippen molar-refractivity contribution in [3.63, 3.8) is 0 Å². The maximum absolute atomic E-state index is 13.0. The molecule has 0 bridgehead atoms. The van der Waals surface area contributed by atoms with E-state index in [-0.39, 0.29) is 15.8 Å². The van der Waals surface area contributed by atoms with Crippen molar-refractivity contribution in [3.05, 3.63) is 71.3 Å². The number of methoxy groups -OCH3 is 1. The number of halogens is 1. The Labute approximate surface area is 219 Å². The topological polar surface area (TPSA) is 136 Å². The van der Waals surface area contributed by atoms with Crippen molar-refractivity contribution in [1.82, 2.24) is 24.7 Å². The molecule has 2 N–H and O–H groups in total. The first-order valence-electron chi connectivity index (χ1n) is 10.8. The Kier molecular flexibility index (Phi) is 7.50. The maximum atomic E-state index is 13.0. The van der Waals surface area contributed by atoms with E-state index < -0.39 is 10.0 Å². The Bertz CT molecular complexity index is 1600. The summed E-state index contributed by atoms with van der Waals surface area (Å²) in [4.78, 5) is 16.5. The molecule has 0 spiro atoms. The summed E-state index contributed by atoms with van der Waals surface area (Å²) in [5.74, 6) is 0.681. The van der Waals surface area contributed by atoms with Crippen molar-refractivity contribution in [1.29, 1.82) is 0 Å². The van der Waals surface area contributed by atoms with E-state index in [0.717, 1.165) is 16.8 Å². The summed E-state index contributed by atoms with van der Waals surface area (Å²) < 4.78 is 35.3. The lowest BCUT2D eigenvalue weighted by Crippen LogP contribution is -2.14. The summed E-state index contributed by atoms with van der Waals surface area (Å²) in [5.41, 5.74) is 3.32. The van der Waals surface area contributed by atoms with E-state index in [1.807, 2.05) is 26.1 Å². The fourth-order valence-corrected chi connectivity index (χ4v) is 4.81. The molecule has 0 unspecified atom stereocenters. The van der Waals surface area contributed by atoms with Gasteiger partial charge in [-0.3, -0.25) is 9.40 Å². The molecule has 13 heteroatoms. The Hall–Kier alpha value is -4.29. The van der Waals surface area contributed by atoms with Gasteiger partial charge in [0.2, 0.25) is 11.8 Å². The number of pyridine rings is 1. The fraction of sp³-hybridized carbons (Fsp3) is 0.125. The summed E-state index contributed by atoms with van der Waals surface area (Å²) in [7, 11) is -0.872. The number of nitrogens with one attached hydrogen (secondary N) is 2. The Morgan fingerprint density at radius 1 is 1.19 bits per heavy atom.